The fraction of sp³-hybridized carbons (Fsp3) is 1.00. The molecule has 0 aliphatic carbocycles. The Kier molecular flexibility index (Phi) is 10.7. The van der Waals surface area contributed by atoms with E-state index in [0.29, 0.717) is 25.6 Å². The summed E-state index contributed by atoms with van der Waals surface area (Å²) in [4.78, 5) is 0. The highest BCUT2D eigenvalue weighted by Crippen LogP contribution is 2.27. The van der Waals surface area contributed by atoms with E-state index in [1.54, 1.807) is 0 Å². The molecule has 3 aliphatic rings. The molecule has 0 saturated carbocycles. The van der Waals surface area contributed by atoms with Gasteiger partial charge in [-0.1, -0.05) is 11.6 Å². The third-order valence-electron chi connectivity index (χ3n) is 3.18. The molecule has 3 nitrogen and oxygen atoms in total. The molecule has 3 saturated heterocycles. The zero-order valence-corrected chi connectivity index (χ0v) is 13.0. The Morgan fingerprint density at radius 2 is 0.957 bits per heavy atom. The summed E-state index contributed by atoms with van der Waals surface area (Å²) in [5.41, 5.74) is 0. The summed E-state index contributed by atoms with van der Waals surface area (Å²) in [6.45, 7) is 4.81. The first-order valence-corrected chi connectivity index (χ1v) is 6.88. The molecule has 3 aliphatic heterocycles. The largest absolute Gasteiger partial charge is 0.673 e. The van der Waals surface area contributed by atoms with Gasteiger partial charge in [-0.15, -0.1) is 4.71 Å². The van der Waals surface area contributed by atoms with Crippen molar-refractivity contribution in [2.75, 3.05) is 52.4 Å². The van der Waals surface area contributed by atoms with Crippen molar-refractivity contribution in [3.05, 3.63) is 0 Å². The van der Waals surface area contributed by atoms with Crippen molar-refractivity contribution in [2.45, 2.75) is 0 Å². The molecule has 23 heavy (non-hydrogen) atoms. The van der Waals surface area contributed by atoms with Gasteiger partial charge in [0, 0.05) is 7.11 Å². The maximum Gasteiger partial charge on any atom is 0.673 e. The third kappa shape index (κ3) is 15.0. The van der Waals surface area contributed by atoms with Gasteiger partial charge in [0.2, 0.25) is 0 Å². The molecule has 0 spiro atoms. The van der Waals surface area contributed by atoms with Gasteiger partial charge in [0.05, 0.1) is 0 Å². The lowest BCUT2D eigenvalue weighted by molar-refractivity contribution is -1.15. The average Bonchev–Trinajstić information content (AvgIpc) is 2.39. The lowest BCUT2D eigenvalue weighted by Gasteiger charge is -2.48. The second-order valence-electron chi connectivity index (χ2n) is 4.82. The summed E-state index contributed by atoms with van der Waals surface area (Å²) in [5, 5.41) is 7.00. The Hall–Kier alpha value is -0.330. The maximum atomic E-state index is 13.5. The summed E-state index contributed by atoms with van der Waals surface area (Å²) >= 11 is 5.85. The number of halogens is 10. The van der Waals surface area contributed by atoms with Crippen LogP contribution < -0.4 is 0 Å². The van der Waals surface area contributed by atoms with E-state index in [-0.39, 0.29) is 4.71 Å². The summed E-state index contributed by atoms with van der Waals surface area (Å²) in [6, 6.07) is 0.667. The minimum atomic E-state index is -6.00. The maximum absolute atomic E-state index is 13.5. The normalized spacial score (nSPS) is 29.2. The average molecular weight is 386 g/mol. The Labute approximate surface area is 132 Å². The molecule has 0 aromatic heterocycles. The van der Waals surface area contributed by atoms with Crippen LogP contribution in [0.4, 0.5) is 39.0 Å². The number of nitrogens with zero attached hydrogens (tertiary/aromatic N) is 2. The lowest BCUT2D eigenvalue weighted by Crippen LogP contribution is -2.71. The standard InChI is InChI=1S/C7H14ClFN2.CH4O.2BF4/c8-7-10-1-4-11(9,5-2-10)6-3-10;1-2;2*2-1(3,4)5/h1-7H2;2H,1H3;;/q+2;;2*-1. The first kappa shape index (κ1) is 24.9. The Bertz CT molecular complexity index is 283. The van der Waals surface area contributed by atoms with E-state index in [4.69, 9.17) is 16.7 Å². The Balaban J connectivity index is 0. The van der Waals surface area contributed by atoms with E-state index in [1.165, 1.54) is 0 Å². The van der Waals surface area contributed by atoms with Crippen molar-refractivity contribution in [2.24, 2.45) is 0 Å². The van der Waals surface area contributed by atoms with Crippen molar-refractivity contribution in [1.29, 1.82) is 0 Å². The highest BCUT2D eigenvalue weighted by molar-refractivity contribution is 6.50. The fourth-order valence-electron chi connectivity index (χ4n) is 2.02. The predicted octanol–water partition coefficient (Wildman–Crippen LogP) is 2.94. The molecule has 0 aromatic carbocycles. The molecule has 1 N–H and O–H groups in total. The number of aliphatic hydroxyl groups is 1. The monoisotopic (exact) mass is 386 g/mol. The van der Waals surface area contributed by atoms with Gasteiger partial charge in [-0.05, 0) is 4.48 Å². The van der Waals surface area contributed by atoms with Crippen LogP contribution in [0.25, 0.3) is 0 Å². The van der Waals surface area contributed by atoms with Crippen LogP contribution in [0.2, 0.25) is 0 Å². The van der Waals surface area contributed by atoms with Gasteiger partial charge in [0.1, 0.15) is 19.6 Å². The van der Waals surface area contributed by atoms with Crippen molar-refractivity contribution in [3.8, 4) is 0 Å². The van der Waals surface area contributed by atoms with E-state index in [1.807, 2.05) is 0 Å². The Morgan fingerprint density at radius 1 is 0.739 bits per heavy atom. The Morgan fingerprint density at radius 3 is 1.13 bits per heavy atom. The van der Waals surface area contributed by atoms with Crippen molar-refractivity contribution in [3.63, 3.8) is 0 Å². The molecule has 0 aromatic rings. The second-order valence-corrected chi connectivity index (χ2v) is 5.06. The van der Waals surface area contributed by atoms with Crippen molar-refractivity contribution in [1.82, 2.24) is 0 Å². The topological polar surface area (TPSA) is 20.2 Å². The molecule has 142 valence electrons. The van der Waals surface area contributed by atoms with E-state index in [2.05, 4.69) is 0 Å². The van der Waals surface area contributed by atoms with Crippen molar-refractivity contribution >= 4 is 26.1 Å². The lowest BCUT2D eigenvalue weighted by atomic mass is 10.2. The van der Waals surface area contributed by atoms with Gasteiger partial charge in [-0.2, -0.15) is 0 Å². The summed E-state index contributed by atoms with van der Waals surface area (Å²) in [7, 11) is -11.0. The van der Waals surface area contributed by atoms with E-state index >= 15 is 0 Å². The number of aliphatic hydroxyl groups excluding tert-OH is 1. The number of quaternary nitrogens is 2. The number of alkyl halides is 1. The molecule has 0 amide bonds. The molecule has 0 atom stereocenters. The van der Waals surface area contributed by atoms with Gasteiger partial charge >= 0.3 is 14.5 Å². The first-order valence-electron chi connectivity index (χ1n) is 6.34. The number of hydrogen-bond donors (Lipinski definition) is 1. The van der Waals surface area contributed by atoms with Gasteiger partial charge < -0.3 is 39.6 Å². The van der Waals surface area contributed by atoms with Crippen LogP contribution in [0.3, 0.4) is 0 Å². The number of piperazine rings is 3. The summed E-state index contributed by atoms with van der Waals surface area (Å²) in [6.07, 6.45) is 0. The molecule has 3 rings (SSSR count). The van der Waals surface area contributed by atoms with Crippen LogP contribution in [0.5, 0.6) is 0 Å². The van der Waals surface area contributed by atoms with E-state index in [0.717, 1.165) is 31.2 Å². The smallest absolute Gasteiger partial charge is 0.418 e. The molecular formula is C8H18B2ClF9N2O. The fourth-order valence-corrected chi connectivity index (χ4v) is 2.38. The summed E-state index contributed by atoms with van der Waals surface area (Å²) in [5.74, 6) is 0. The molecular weight excluding hydrogens is 368 g/mol. The zero-order valence-electron chi connectivity index (χ0n) is 12.2. The third-order valence-corrected chi connectivity index (χ3v) is 3.69. The van der Waals surface area contributed by atoms with Gasteiger partial charge in [0.15, 0.2) is 25.6 Å². The molecule has 3 fully saturated rings. The van der Waals surface area contributed by atoms with E-state index < -0.39 is 14.5 Å². The molecule has 3 heterocycles. The van der Waals surface area contributed by atoms with Crippen LogP contribution in [-0.2, 0) is 0 Å². The SMILES string of the molecule is CO.F[B-](F)(F)F.F[B-](F)(F)F.F[N+]12CC[N+](CCl)(CC1)CC2. The highest BCUT2D eigenvalue weighted by Gasteiger charge is 2.50. The molecule has 15 heteroatoms. The molecule has 0 unspecified atom stereocenters. The quantitative estimate of drug-likeness (QED) is 0.184. The zero-order chi connectivity index (χ0) is 18.9. The first-order chi connectivity index (χ1) is 10.2. The van der Waals surface area contributed by atoms with Crippen LogP contribution in [0.15, 0.2) is 0 Å². The molecule has 0 radical (unpaired) electrons. The number of fused-ring (bicyclic) bond motifs is 3. The number of rotatable bonds is 1. The number of hydrogen-bond acceptors (Lipinski definition) is 1. The van der Waals surface area contributed by atoms with E-state index in [9.17, 15) is 39.0 Å². The van der Waals surface area contributed by atoms with Crippen LogP contribution in [-0.4, -0.2) is 81.2 Å². The van der Waals surface area contributed by atoms with Crippen LogP contribution in [0.1, 0.15) is 0 Å². The van der Waals surface area contributed by atoms with Gasteiger partial charge in [0.25, 0.3) is 0 Å². The minimum Gasteiger partial charge on any atom is -0.418 e. The van der Waals surface area contributed by atoms with Crippen molar-refractivity contribution < 1.29 is 53.3 Å². The van der Waals surface area contributed by atoms with Crippen LogP contribution >= 0.6 is 11.6 Å². The predicted molar refractivity (Wildman–Crippen MR) is 70.1 cm³/mol. The summed E-state index contributed by atoms with van der Waals surface area (Å²) < 4.78 is 92.3. The van der Waals surface area contributed by atoms with Gasteiger partial charge in [-0.25, -0.2) is 0 Å². The second kappa shape index (κ2) is 9.84. The molecule has 2 bridgehead atoms. The van der Waals surface area contributed by atoms with Gasteiger partial charge in [-0.3, -0.25) is 4.48 Å². The highest BCUT2D eigenvalue weighted by atomic mass is 35.5. The minimum absolute atomic E-state index is 0.198. The van der Waals surface area contributed by atoms with Crippen LogP contribution in [0, 0.1) is 0 Å².